The second-order valence-electron chi connectivity index (χ2n) is 8.02. The number of methoxy groups -OCH3 is 1. The van der Waals surface area contributed by atoms with Crippen molar-refractivity contribution in [3.05, 3.63) is 29.8 Å². The number of aliphatic hydroxyl groups excluding tert-OH is 1. The summed E-state index contributed by atoms with van der Waals surface area (Å²) >= 11 is 0. The van der Waals surface area contributed by atoms with Crippen LogP contribution < -0.4 is 4.74 Å². The fourth-order valence-corrected chi connectivity index (χ4v) is 5.56. The van der Waals surface area contributed by atoms with Crippen LogP contribution in [0.4, 0.5) is 0 Å². The number of benzene rings is 1. The molecule has 0 aromatic heterocycles. The van der Waals surface area contributed by atoms with Crippen LogP contribution in [0, 0.1) is 5.92 Å². The van der Waals surface area contributed by atoms with Crippen LogP contribution in [0.5, 0.6) is 5.75 Å². The molecule has 2 bridgehead atoms. The highest BCUT2D eigenvalue weighted by atomic mass is 16.5. The minimum Gasteiger partial charge on any atom is -0.497 e. The molecule has 0 saturated carbocycles. The largest absolute Gasteiger partial charge is 0.497 e. The number of unbranched alkanes of at least 4 members (excludes halogenated alkanes) is 2. The van der Waals surface area contributed by atoms with Crippen LogP contribution in [0.25, 0.3) is 0 Å². The van der Waals surface area contributed by atoms with E-state index in [4.69, 9.17) is 9.84 Å². The van der Waals surface area contributed by atoms with Gasteiger partial charge in [0.25, 0.3) is 0 Å². The van der Waals surface area contributed by atoms with Gasteiger partial charge in [-0.1, -0.05) is 12.1 Å². The normalized spacial score (nSPS) is 34.2. The van der Waals surface area contributed by atoms with E-state index in [1.54, 1.807) is 7.11 Å². The Bertz CT molecular complexity index is 571. The Morgan fingerprint density at radius 1 is 1.12 bits per heavy atom. The van der Waals surface area contributed by atoms with Crippen LogP contribution in [0.15, 0.2) is 24.3 Å². The van der Waals surface area contributed by atoms with Gasteiger partial charge in [-0.05, 0) is 75.4 Å². The van der Waals surface area contributed by atoms with Crippen LogP contribution in [-0.4, -0.2) is 66.9 Å². The molecule has 4 aliphatic rings. The van der Waals surface area contributed by atoms with E-state index < -0.39 is 0 Å². The summed E-state index contributed by atoms with van der Waals surface area (Å²) in [6.07, 6.45) is 6.04. The number of fused-ring (bicyclic) bond motifs is 2. The molecule has 3 atom stereocenters. The van der Waals surface area contributed by atoms with Gasteiger partial charge in [0, 0.05) is 31.2 Å². The maximum Gasteiger partial charge on any atom is 0.119 e. The Kier molecular flexibility index (Phi) is 5.30. The highest BCUT2D eigenvalue weighted by molar-refractivity contribution is 5.34. The summed E-state index contributed by atoms with van der Waals surface area (Å²) < 4.78 is 5.48. The van der Waals surface area contributed by atoms with E-state index in [-0.39, 0.29) is 0 Å². The first-order chi connectivity index (χ1) is 12.3. The lowest BCUT2D eigenvalue weighted by Gasteiger charge is -2.51. The van der Waals surface area contributed by atoms with E-state index >= 15 is 0 Å². The molecule has 5 rings (SSSR count). The van der Waals surface area contributed by atoms with Crippen LogP contribution in [0.3, 0.4) is 0 Å². The zero-order valence-electron chi connectivity index (χ0n) is 15.4. The maximum atomic E-state index is 9.04. The first kappa shape index (κ1) is 17.3. The van der Waals surface area contributed by atoms with Crippen LogP contribution >= 0.6 is 0 Å². The summed E-state index contributed by atoms with van der Waals surface area (Å²) in [5, 5.41) is 9.04. The standard InChI is InChI=1S/C21H32N2O2/c1-25-18-7-5-6-17(14-18)19-15-23(10-3-2-4-13-24)20-16-8-11-22(12-9-16)21(19)20/h5-7,14,16,19-21,24H,2-4,8-13,15H2,1H3/t19-,20+,21+/m0/s1. The van der Waals surface area contributed by atoms with Crippen molar-refractivity contribution in [2.45, 2.75) is 50.1 Å². The van der Waals surface area contributed by atoms with E-state index in [1.807, 2.05) is 0 Å². The molecule has 25 heavy (non-hydrogen) atoms. The van der Waals surface area contributed by atoms with Crippen molar-refractivity contribution in [2.24, 2.45) is 5.92 Å². The van der Waals surface area contributed by atoms with Gasteiger partial charge in [-0.15, -0.1) is 0 Å². The molecule has 4 saturated heterocycles. The summed E-state index contributed by atoms with van der Waals surface area (Å²) in [5.41, 5.74) is 1.44. The molecule has 4 heterocycles. The van der Waals surface area contributed by atoms with E-state index in [0.29, 0.717) is 18.6 Å². The van der Waals surface area contributed by atoms with Crippen molar-refractivity contribution in [1.82, 2.24) is 9.80 Å². The summed E-state index contributed by atoms with van der Waals surface area (Å²) in [6.45, 7) is 5.25. The fourth-order valence-electron chi connectivity index (χ4n) is 5.56. The molecule has 4 aliphatic heterocycles. The number of piperidine rings is 3. The Morgan fingerprint density at radius 3 is 2.72 bits per heavy atom. The van der Waals surface area contributed by atoms with Crippen molar-refractivity contribution in [2.75, 3.05) is 39.9 Å². The summed E-state index contributed by atoms with van der Waals surface area (Å²) in [6, 6.07) is 10.1. The number of rotatable bonds is 7. The second kappa shape index (κ2) is 7.65. The molecule has 0 spiro atoms. The number of ether oxygens (including phenoxy) is 1. The first-order valence-corrected chi connectivity index (χ1v) is 10.0. The average Bonchev–Trinajstić information content (AvgIpc) is 3.08. The smallest absolute Gasteiger partial charge is 0.119 e. The summed E-state index contributed by atoms with van der Waals surface area (Å²) in [4.78, 5) is 5.55. The van der Waals surface area contributed by atoms with Crippen molar-refractivity contribution in [3.8, 4) is 5.75 Å². The van der Waals surface area contributed by atoms with E-state index in [2.05, 4.69) is 34.1 Å². The molecule has 0 radical (unpaired) electrons. The molecule has 0 amide bonds. The predicted molar refractivity (Wildman–Crippen MR) is 100 cm³/mol. The molecule has 4 nitrogen and oxygen atoms in total. The lowest BCUT2D eigenvalue weighted by Crippen LogP contribution is -2.60. The number of hydrogen-bond donors (Lipinski definition) is 1. The van der Waals surface area contributed by atoms with E-state index in [1.165, 1.54) is 51.0 Å². The van der Waals surface area contributed by atoms with Gasteiger partial charge in [-0.3, -0.25) is 9.80 Å². The number of hydrogen-bond acceptors (Lipinski definition) is 4. The van der Waals surface area contributed by atoms with Crippen LogP contribution in [0.1, 0.15) is 43.6 Å². The van der Waals surface area contributed by atoms with Crippen molar-refractivity contribution >= 4 is 0 Å². The molecule has 4 heteroatoms. The molecule has 0 aliphatic carbocycles. The Balaban J connectivity index is 1.55. The third kappa shape index (κ3) is 3.32. The minimum absolute atomic E-state index is 0.328. The summed E-state index contributed by atoms with van der Waals surface area (Å²) in [5.74, 6) is 2.45. The zero-order chi connectivity index (χ0) is 17.2. The lowest BCUT2D eigenvalue weighted by molar-refractivity contribution is -0.00688. The zero-order valence-corrected chi connectivity index (χ0v) is 15.4. The monoisotopic (exact) mass is 344 g/mol. The molecular weight excluding hydrogens is 312 g/mol. The Hall–Kier alpha value is -1.10. The average molecular weight is 344 g/mol. The van der Waals surface area contributed by atoms with Crippen molar-refractivity contribution < 1.29 is 9.84 Å². The van der Waals surface area contributed by atoms with Crippen LogP contribution in [0.2, 0.25) is 0 Å². The van der Waals surface area contributed by atoms with Gasteiger partial charge < -0.3 is 9.84 Å². The SMILES string of the molecule is COc1cccc([C@@H]2CN(CCCCCO)[C@@H]3C4CCN(CC4)[C@@H]32)c1. The van der Waals surface area contributed by atoms with E-state index in [0.717, 1.165) is 30.6 Å². The quantitative estimate of drug-likeness (QED) is 0.772. The van der Waals surface area contributed by atoms with Gasteiger partial charge in [0.1, 0.15) is 5.75 Å². The summed E-state index contributed by atoms with van der Waals surface area (Å²) in [7, 11) is 1.76. The van der Waals surface area contributed by atoms with Gasteiger partial charge >= 0.3 is 0 Å². The van der Waals surface area contributed by atoms with Gasteiger partial charge in [-0.2, -0.15) is 0 Å². The Labute approximate surface area is 151 Å². The Morgan fingerprint density at radius 2 is 1.96 bits per heavy atom. The van der Waals surface area contributed by atoms with Crippen molar-refractivity contribution in [1.29, 1.82) is 0 Å². The lowest BCUT2D eigenvalue weighted by atomic mass is 9.75. The molecule has 1 aromatic rings. The number of aliphatic hydroxyl groups is 1. The third-order valence-electron chi connectivity index (χ3n) is 6.72. The molecule has 4 fully saturated rings. The first-order valence-electron chi connectivity index (χ1n) is 10.0. The van der Waals surface area contributed by atoms with Gasteiger partial charge in [0.05, 0.1) is 7.11 Å². The fraction of sp³-hybridized carbons (Fsp3) is 0.714. The number of nitrogens with zero attached hydrogens (tertiary/aromatic N) is 2. The highest BCUT2D eigenvalue weighted by Crippen LogP contribution is 2.46. The molecule has 1 aromatic carbocycles. The van der Waals surface area contributed by atoms with Crippen molar-refractivity contribution in [3.63, 3.8) is 0 Å². The molecule has 0 unspecified atom stereocenters. The molecule has 1 N–H and O–H groups in total. The number of likely N-dealkylation sites (tertiary alicyclic amines) is 1. The predicted octanol–water partition coefficient (Wildman–Crippen LogP) is 2.72. The van der Waals surface area contributed by atoms with Gasteiger partial charge in [0.2, 0.25) is 0 Å². The maximum absolute atomic E-state index is 9.04. The van der Waals surface area contributed by atoms with E-state index in [9.17, 15) is 0 Å². The second-order valence-corrected chi connectivity index (χ2v) is 8.02. The van der Waals surface area contributed by atoms with Crippen LogP contribution in [-0.2, 0) is 0 Å². The topological polar surface area (TPSA) is 35.9 Å². The highest BCUT2D eigenvalue weighted by Gasteiger charge is 2.52. The third-order valence-corrected chi connectivity index (χ3v) is 6.72. The minimum atomic E-state index is 0.328. The molecular formula is C21H32N2O2. The van der Waals surface area contributed by atoms with Gasteiger partial charge in [-0.25, -0.2) is 0 Å². The molecule has 138 valence electrons. The van der Waals surface area contributed by atoms with Gasteiger partial charge in [0.15, 0.2) is 0 Å².